The van der Waals surface area contributed by atoms with Crippen LogP contribution in [0, 0.1) is 0 Å². The molecule has 1 atom stereocenters. The molecule has 1 unspecified atom stereocenters. The maximum absolute atomic E-state index is 13.1. The van der Waals surface area contributed by atoms with E-state index in [0.717, 1.165) is 9.85 Å². The van der Waals surface area contributed by atoms with E-state index in [1.807, 2.05) is 0 Å². The fourth-order valence-corrected chi connectivity index (χ4v) is 4.96. The van der Waals surface area contributed by atoms with Crippen LogP contribution in [0.25, 0.3) is 0 Å². The van der Waals surface area contributed by atoms with E-state index < -0.39 is 17.8 Å². The van der Waals surface area contributed by atoms with Gasteiger partial charge in [0.15, 0.2) is 0 Å². The predicted molar refractivity (Wildman–Crippen MR) is 82.9 cm³/mol. The smallest absolute Gasteiger partial charge is 0.384 e. The van der Waals surface area contributed by atoms with E-state index in [1.165, 1.54) is 23.5 Å². The number of halogens is 6. The molecular formula is C12H6Br3F3OS. The van der Waals surface area contributed by atoms with Gasteiger partial charge in [-0.1, -0.05) is 22.0 Å². The first-order valence-corrected chi connectivity index (χ1v) is 8.39. The molecule has 2 rings (SSSR count). The lowest BCUT2D eigenvalue weighted by Crippen LogP contribution is -2.12. The summed E-state index contributed by atoms with van der Waals surface area (Å²) in [5.41, 5.74) is -0.630. The minimum atomic E-state index is -4.53. The largest absolute Gasteiger partial charge is 0.416 e. The molecular weight excluding hydrogens is 489 g/mol. The number of hydrogen-bond acceptors (Lipinski definition) is 2. The van der Waals surface area contributed by atoms with Crippen LogP contribution in [-0.4, -0.2) is 5.11 Å². The summed E-state index contributed by atoms with van der Waals surface area (Å²) >= 11 is 10.8. The van der Waals surface area contributed by atoms with Gasteiger partial charge >= 0.3 is 6.18 Å². The molecule has 1 aromatic carbocycles. The standard InChI is InChI=1S/C12H6Br3F3OS/c13-5-1-2-6(8(3-5)12(16,17)18)10(19)7-4-9(14)20-11(7)15/h1-4,10,19H. The van der Waals surface area contributed by atoms with E-state index in [0.29, 0.717) is 13.8 Å². The van der Waals surface area contributed by atoms with E-state index >= 15 is 0 Å². The lowest BCUT2D eigenvalue weighted by molar-refractivity contribution is -0.139. The average molecular weight is 495 g/mol. The van der Waals surface area contributed by atoms with E-state index in [9.17, 15) is 18.3 Å². The molecule has 0 aliphatic rings. The Hall–Kier alpha value is 0.110. The highest BCUT2D eigenvalue weighted by Crippen LogP contribution is 2.42. The Morgan fingerprint density at radius 3 is 2.20 bits per heavy atom. The van der Waals surface area contributed by atoms with Crippen LogP contribution in [0.3, 0.4) is 0 Å². The second-order valence-corrected chi connectivity index (χ2v) is 8.58. The van der Waals surface area contributed by atoms with Crippen molar-refractivity contribution in [1.29, 1.82) is 0 Å². The summed E-state index contributed by atoms with van der Waals surface area (Å²) in [6, 6.07) is 5.31. The molecule has 108 valence electrons. The molecule has 0 aliphatic heterocycles. The first-order chi connectivity index (χ1) is 9.20. The van der Waals surface area contributed by atoms with Crippen LogP contribution in [0.5, 0.6) is 0 Å². The topological polar surface area (TPSA) is 20.2 Å². The van der Waals surface area contributed by atoms with E-state index in [1.54, 1.807) is 6.07 Å². The summed E-state index contributed by atoms with van der Waals surface area (Å²) < 4.78 is 40.8. The van der Waals surface area contributed by atoms with Crippen molar-refractivity contribution in [2.45, 2.75) is 12.3 Å². The Morgan fingerprint density at radius 2 is 1.70 bits per heavy atom. The Balaban J connectivity index is 2.55. The summed E-state index contributed by atoms with van der Waals surface area (Å²) in [5, 5.41) is 10.3. The number of benzene rings is 1. The summed E-state index contributed by atoms with van der Waals surface area (Å²) in [5.74, 6) is 0. The van der Waals surface area contributed by atoms with Gasteiger partial charge < -0.3 is 5.11 Å². The zero-order valence-electron chi connectivity index (χ0n) is 9.51. The summed E-state index contributed by atoms with van der Waals surface area (Å²) in [4.78, 5) is 0. The van der Waals surface area contributed by atoms with E-state index in [2.05, 4.69) is 47.8 Å². The summed E-state index contributed by atoms with van der Waals surface area (Å²) in [7, 11) is 0. The van der Waals surface area contributed by atoms with Crippen molar-refractivity contribution in [3.63, 3.8) is 0 Å². The Morgan fingerprint density at radius 1 is 1.05 bits per heavy atom. The van der Waals surface area contributed by atoms with Crippen molar-refractivity contribution < 1.29 is 18.3 Å². The van der Waals surface area contributed by atoms with Crippen LogP contribution in [0.4, 0.5) is 13.2 Å². The van der Waals surface area contributed by atoms with Crippen molar-refractivity contribution >= 4 is 59.1 Å². The molecule has 0 amide bonds. The maximum Gasteiger partial charge on any atom is 0.416 e. The molecule has 0 fully saturated rings. The minimum absolute atomic E-state index is 0.174. The average Bonchev–Trinajstić information content (AvgIpc) is 2.66. The summed E-state index contributed by atoms with van der Waals surface area (Å²) in [6.07, 6.45) is -5.88. The van der Waals surface area contributed by atoms with Gasteiger partial charge in [0.25, 0.3) is 0 Å². The minimum Gasteiger partial charge on any atom is -0.384 e. The highest BCUT2D eigenvalue weighted by atomic mass is 79.9. The molecule has 1 nitrogen and oxygen atoms in total. The number of hydrogen-bond donors (Lipinski definition) is 1. The molecule has 0 aliphatic carbocycles. The van der Waals surface area contributed by atoms with Crippen molar-refractivity contribution in [2.75, 3.05) is 0 Å². The molecule has 8 heteroatoms. The third-order valence-electron chi connectivity index (χ3n) is 2.59. The second kappa shape index (κ2) is 6.08. The Bertz CT molecular complexity index is 639. The van der Waals surface area contributed by atoms with Crippen LogP contribution in [0.2, 0.25) is 0 Å². The van der Waals surface area contributed by atoms with Crippen LogP contribution in [-0.2, 0) is 6.18 Å². The molecule has 0 bridgehead atoms. The quantitative estimate of drug-likeness (QED) is 0.532. The van der Waals surface area contributed by atoms with Crippen LogP contribution in [0.15, 0.2) is 36.3 Å². The fraction of sp³-hybridized carbons (Fsp3) is 0.167. The third-order valence-corrected chi connectivity index (χ3v) is 5.47. The first kappa shape index (κ1) is 16.5. The van der Waals surface area contributed by atoms with Gasteiger partial charge in [0.05, 0.1) is 13.1 Å². The third kappa shape index (κ3) is 3.47. The molecule has 0 spiro atoms. The van der Waals surface area contributed by atoms with Crippen molar-refractivity contribution in [1.82, 2.24) is 0 Å². The second-order valence-electron chi connectivity index (χ2n) is 3.91. The van der Waals surface area contributed by atoms with Gasteiger partial charge in [0.2, 0.25) is 0 Å². The molecule has 0 saturated carbocycles. The van der Waals surface area contributed by atoms with Crippen LogP contribution in [0.1, 0.15) is 22.8 Å². The van der Waals surface area contributed by atoms with Crippen molar-refractivity contribution in [3.8, 4) is 0 Å². The number of aliphatic hydroxyl groups excluding tert-OH is 1. The monoisotopic (exact) mass is 492 g/mol. The molecule has 0 saturated heterocycles. The molecule has 2 aromatic rings. The van der Waals surface area contributed by atoms with Gasteiger partial charge in [-0.05, 0) is 55.6 Å². The normalized spacial score (nSPS) is 13.6. The number of aliphatic hydroxyl groups is 1. The highest BCUT2D eigenvalue weighted by molar-refractivity contribution is 9.12. The van der Waals surface area contributed by atoms with Gasteiger partial charge in [-0.2, -0.15) is 13.2 Å². The molecule has 1 heterocycles. The highest BCUT2D eigenvalue weighted by Gasteiger charge is 2.36. The van der Waals surface area contributed by atoms with Gasteiger partial charge in [-0.3, -0.25) is 0 Å². The van der Waals surface area contributed by atoms with Crippen molar-refractivity contribution in [2.24, 2.45) is 0 Å². The van der Waals surface area contributed by atoms with Gasteiger partial charge in [0.1, 0.15) is 6.10 Å². The number of thiophene rings is 1. The van der Waals surface area contributed by atoms with E-state index in [-0.39, 0.29) is 5.56 Å². The summed E-state index contributed by atoms with van der Waals surface area (Å²) in [6.45, 7) is 0. The molecule has 0 radical (unpaired) electrons. The lowest BCUT2D eigenvalue weighted by atomic mass is 9.98. The zero-order chi connectivity index (χ0) is 15.1. The Labute approximate surface area is 142 Å². The van der Waals surface area contributed by atoms with Gasteiger partial charge in [0, 0.05) is 10.0 Å². The van der Waals surface area contributed by atoms with Crippen molar-refractivity contribution in [3.05, 3.63) is 53.0 Å². The lowest BCUT2D eigenvalue weighted by Gasteiger charge is -2.17. The van der Waals surface area contributed by atoms with Crippen LogP contribution < -0.4 is 0 Å². The van der Waals surface area contributed by atoms with E-state index in [4.69, 9.17) is 0 Å². The van der Waals surface area contributed by atoms with Gasteiger partial charge in [-0.15, -0.1) is 11.3 Å². The predicted octanol–water partition coefficient (Wildman–Crippen LogP) is 6.14. The first-order valence-electron chi connectivity index (χ1n) is 5.19. The van der Waals surface area contributed by atoms with Gasteiger partial charge in [-0.25, -0.2) is 0 Å². The molecule has 20 heavy (non-hydrogen) atoms. The number of rotatable bonds is 2. The van der Waals surface area contributed by atoms with Crippen LogP contribution >= 0.6 is 59.1 Å². The SMILES string of the molecule is OC(c1ccc(Br)cc1C(F)(F)F)c1cc(Br)sc1Br. The fourth-order valence-electron chi connectivity index (χ4n) is 1.72. The Kier molecular flexibility index (Phi) is 5.01. The molecule has 1 aromatic heterocycles. The zero-order valence-corrected chi connectivity index (χ0v) is 15.1. The maximum atomic E-state index is 13.1. The molecule has 1 N–H and O–H groups in total. The number of alkyl halides is 3.